The molecule has 2 fully saturated rings. The molecule has 13 nitrogen and oxygen atoms in total. The molecule has 292 valence electrons. The lowest BCUT2D eigenvalue weighted by Gasteiger charge is -2.33. The summed E-state index contributed by atoms with van der Waals surface area (Å²) in [5.74, 6) is -3.80. The number of rotatable bonds is 10. The summed E-state index contributed by atoms with van der Waals surface area (Å²) < 4.78 is 17.7. The van der Waals surface area contributed by atoms with Crippen molar-refractivity contribution in [2.45, 2.75) is 83.2 Å². The zero-order chi connectivity index (χ0) is 39.9. The van der Waals surface area contributed by atoms with E-state index in [1.807, 2.05) is 13.0 Å². The van der Waals surface area contributed by atoms with Crippen molar-refractivity contribution in [1.29, 1.82) is 0 Å². The third-order valence-electron chi connectivity index (χ3n) is 12.5. The molecule has 13 heteroatoms. The van der Waals surface area contributed by atoms with Gasteiger partial charge in [-0.2, -0.15) is 0 Å². The maximum atomic E-state index is 14.7. The van der Waals surface area contributed by atoms with Gasteiger partial charge in [0, 0.05) is 62.3 Å². The van der Waals surface area contributed by atoms with Crippen molar-refractivity contribution < 1.29 is 43.9 Å². The Bertz CT molecular complexity index is 2640. The first kappa shape index (κ1) is 37.1. The molecule has 1 atom stereocenters. The van der Waals surface area contributed by atoms with E-state index >= 15 is 0 Å². The molecule has 1 unspecified atom stereocenters. The topological polar surface area (TPSA) is 198 Å². The second kappa shape index (κ2) is 13.7. The first-order valence-corrected chi connectivity index (χ1v) is 19.0. The Morgan fingerprint density at radius 3 is 1.59 bits per heavy atom. The molecular formula is C43H44N2O11. The van der Waals surface area contributed by atoms with Gasteiger partial charge in [-0.3, -0.25) is 24.0 Å². The number of allylic oxidation sites excluding steroid dienone is 1. The van der Waals surface area contributed by atoms with Crippen LogP contribution in [0.1, 0.15) is 82.3 Å². The molecule has 0 heterocycles. The second-order valence-corrected chi connectivity index (χ2v) is 15.6. The van der Waals surface area contributed by atoms with E-state index in [2.05, 4.69) is 10.6 Å². The Morgan fingerprint density at radius 2 is 1.12 bits per heavy atom. The number of ketones is 1. The first-order valence-electron chi connectivity index (χ1n) is 19.0. The van der Waals surface area contributed by atoms with Gasteiger partial charge in [0.2, 0.25) is 0 Å². The highest BCUT2D eigenvalue weighted by Crippen LogP contribution is 2.58. The van der Waals surface area contributed by atoms with Crippen molar-refractivity contribution >= 4 is 78.3 Å². The molecule has 2 saturated carbocycles. The Kier molecular flexibility index (Phi) is 9.08. The van der Waals surface area contributed by atoms with Crippen LogP contribution in [-0.2, 0) is 14.4 Å². The number of benzene rings is 5. The fraction of sp³-hybridized carbons (Fsp3) is 0.419. The van der Waals surface area contributed by atoms with Crippen molar-refractivity contribution in [3.8, 4) is 23.0 Å². The number of Topliss-reactive ketones (excluding diaryl/α,β-unsaturated/α-hetero) is 1. The van der Waals surface area contributed by atoms with E-state index in [4.69, 9.17) is 14.2 Å². The molecule has 56 heavy (non-hydrogen) atoms. The van der Waals surface area contributed by atoms with Crippen LogP contribution < -0.4 is 35.7 Å². The number of hydrogen-bond donors (Lipinski definition) is 5. The van der Waals surface area contributed by atoms with E-state index in [0.29, 0.717) is 117 Å². The van der Waals surface area contributed by atoms with Crippen LogP contribution in [0.3, 0.4) is 0 Å². The molecule has 3 aliphatic rings. The van der Waals surface area contributed by atoms with E-state index < -0.39 is 40.9 Å². The molecule has 0 amide bonds. The number of carboxylic acids is 2. The molecular weight excluding hydrogens is 720 g/mol. The summed E-state index contributed by atoms with van der Waals surface area (Å²) >= 11 is 0. The SMILES string of the molecule is COc1c(O)c2c(=O)cc(OC)c3c4c(OC)cc(=O)c5c(NC6CCC(C(=O)O)CC6)c(NC6CCC(C(=O)O)CC6)c6c(c(c1C(C(C)=O)C(C)=C6)c23)c54. The normalized spacial score (nSPS) is 22.3. The molecule has 0 saturated heterocycles. The summed E-state index contributed by atoms with van der Waals surface area (Å²) in [4.78, 5) is 66.4. The summed E-state index contributed by atoms with van der Waals surface area (Å²) in [5.41, 5.74) is 1.80. The summed E-state index contributed by atoms with van der Waals surface area (Å²) in [7, 11) is 4.26. The lowest BCUT2D eigenvalue weighted by molar-refractivity contribution is -0.143. The number of carbonyl (C=O) groups excluding carboxylic acids is 1. The zero-order valence-electron chi connectivity index (χ0n) is 31.9. The minimum atomic E-state index is -0.924. The number of carbonyl (C=O) groups is 3. The highest BCUT2D eigenvalue weighted by Gasteiger charge is 2.38. The van der Waals surface area contributed by atoms with Crippen LogP contribution in [0.4, 0.5) is 11.4 Å². The van der Waals surface area contributed by atoms with Crippen LogP contribution in [-0.4, -0.2) is 66.5 Å². The zero-order valence-corrected chi connectivity index (χ0v) is 31.9. The van der Waals surface area contributed by atoms with Gasteiger partial charge in [0.05, 0.1) is 61.2 Å². The van der Waals surface area contributed by atoms with Gasteiger partial charge in [-0.1, -0.05) is 11.6 Å². The lowest BCUT2D eigenvalue weighted by Crippen LogP contribution is -2.32. The quantitative estimate of drug-likeness (QED) is 0.0734. The van der Waals surface area contributed by atoms with Gasteiger partial charge in [0.15, 0.2) is 22.4 Å². The van der Waals surface area contributed by atoms with Gasteiger partial charge in [-0.15, -0.1) is 0 Å². The van der Waals surface area contributed by atoms with Crippen LogP contribution in [0, 0.1) is 11.8 Å². The molecule has 0 spiro atoms. The lowest BCUT2D eigenvalue weighted by atomic mass is 9.80. The number of nitrogens with one attached hydrogen (secondary N) is 2. The average Bonchev–Trinajstić information content (AvgIpc) is 3.30. The minimum absolute atomic E-state index is 0.0257. The highest BCUT2D eigenvalue weighted by molar-refractivity contribution is 6.40. The molecule has 8 rings (SSSR count). The molecule has 5 aromatic carbocycles. The summed E-state index contributed by atoms with van der Waals surface area (Å²) in [5, 5.41) is 41.9. The third-order valence-corrected chi connectivity index (χ3v) is 12.5. The van der Waals surface area contributed by atoms with Crippen LogP contribution in [0.2, 0.25) is 0 Å². The molecule has 3 aliphatic carbocycles. The largest absolute Gasteiger partial charge is 0.504 e. The maximum absolute atomic E-state index is 14.7. The van der Waals surface area contributed by atoms with Gasteiger partial charge in [-0.25, -0.2) is 0 Å². The van der Waals surface area contributed by atoms with Crippen molar-refractivity contribution in [2.24, 2.45) is 11.8 Å². The highest BCUT2D eigenvalue weighted by atomic mass is 16.5. The Hall–Kier alpha value is -5.85. The Balaban J connectivity index is 1.59. The fourth-order valence-electron chi connectivity index (χ4n) is 9.96. The number of anilines is 2. The number of phenols is 1. The summed E-state index contributed by atoms with van der Waals surface area (Å²) in [6.07, 6.45) is 5.92. The number of carboxylic acid groups (broad SMARTS) is 2. The predicted molar refractivity (Wildman–Crippen MR) is 214 cm³/mol. The number of methoxy groups -OCH3 is 3. The predicted octanol–water partition coefficient (Wildman–Crippen LogP) is 6.83. The van der Waals surface area contributed by atoms with E-state index in [0.717, 1.165) is 0 Å². The van der Waals surface area contributed by atoms with E-state index in [9.17, 15) is 39.3 Å². The van der Waals surface area contributed by atoms with Gasteiger partial charge >= 0.3 is 11.9 Å². The van der Waals surface area contributed by atoms with Crippen molar-refractivity contribution in [3.05, 3.63) is 49.3 Å². The number of fused-ring (bicyclic) bond motifs is 1. The van der Waals surface area contributed by atoms with Crippen molar-refractivity contribution in [3.63, 3.8) is 0 Å². The molecule has 5 aromatic rings. The smallest absolute Gasteiger partial charge is 0.306 e. The average molecular weight is 765 g/mol. The van der Waals surface area contributed by atoms with E-state index in [1.165, 1.54) is 40.4 Å². The van der Waals surface area contributed by atoms with Crippen molar-refractivity contribution in [1.82, 2.24) is 0 Å². The van der Waals surface area contributed by atoms with Crippen LogP contribution in [0.15, 0.2) is 27.3 Å². The fourth-order valence-corrected chi connectivity index (χ4v) is 9.96. The van der Waals surface area contributed by atoms with Crippen LogP contribution in [0.25, 0.3) is 49.2 Å². The number of ether oxygens (including phenoxy) is 3. The van der Waals surface area contributed by atoms with E-state index in [1.54, 1.807) is 0 Å². The monoisotopic (exact) mass is 764 g/mol. The Morgan fingerprint density at radius 1 is 0.643 bits per heavy atom. The van der Waals surface area contributed by atoms with Gasteiger partial charge in [0.1, 0.15) is 17.3 Å². The maximum Gasteiger partial charge on any atom is 0.306 e. The van der Waals surface area contributed by atoms with Gasteiger partial charge in [0.25, 0.3) is 0 Å². The first-order chi connectivity index (χ1) is 26.8. The molecule has 0 aromatic heterocycles. The van der Waals surface area contributed by atoms with Gasteiger partial charge < -0.3 is 40.2 Å². The number of phenolic OH excluding ortho intramolecular Hbond substituents is 1. The third kappa shape index (κ3) is 5.45. The molecule has 0 aliphatic heterocycles. The summed E-state index contributed by atoms with van der Waals surface area (Å²) in [6, 6.07) is 2.32. The molecule has 0 radical (unpaired) electrons. The standard InChI is InChI=1S/C43H44N2O11/c1-17-14-23-29-34-30(39(45-22-12-8-20(9-13-22)43(52)53)38(23)44-21-10-6-19(7-11-21)42(50)51)24(47)15-26(54-3)32(34)33-27(55-4)16-25(48)31-36(33)35(29)37(28(17)18(2)46)41(56-5)40(31)49/h14-16,19-22,28,44-45,49H,6-13H2,1-5H3,(H,50,51)(H,52,53). The molecule has 5 N–H and O–H groups in total. The van der Waals surface area contributed by atoms with Crippen molar-refractivity contribution in [2.75, 3.05) is 32.0 Å². The summed E-state index contributed by atoms with van der Waals surface area (Å²) in [6.45, 7) is 3.29. The van der Waals surface area contributed by atoms with Gasteiger partial charge in [-0.05, 0) is 70.6 Å². The Labute approximate surface area is 320 Å². The number of hydrogen-bond acceptors (Lipinski definition) is 11. The molecule has 0 bridgehead atoms. The number of aliphatic carboxylic acids is 2. The van der Waals surface area contributed by atoms with E-state index in [-0.39, 0.29) is 45.9 Å². The van der Waals surface area contributed by atoms with Crippen LogP contribution >= 0.6 is 0 Å². The number of aromatic hydroxyl groups is 1. The van der Waals surface area contributed by atoms with Crippen LogP contribution in [0.5, 0.6) is 23.0 Å². The minimum Gasteiger partial charge on any atom is -0.504 e. The second-order valence-electron chi connectivity index (χ2n) is 15.6.